The van der Waals surface area contributed by atoms with Gasteiger partial charge in [-0.1, -0.05) is 30.4 Å². The van der Waals surface area contributed by atoms with Crippen molar-refractivity contribution in [2.45, 2.75) is 12.6 Å². The minimum atomic E-state index is -4.16. The molecule has 2 aliphatic carbocycles. The van der Waals surface area contributed by atoms with E-state index in [0.29, 0.717) is 10.0 Å². The first-order chi connectivity index (χ1) is 8.55. The van der Waals surface area contributed by atoms with E-state index in [9.17, 15) is 13.2 Å². The molecule has 1 aromatic carbocycles. The molecule has 0 saturated heterocycles. The highest BCUT2D eigenvalue weighted by Crippen LogP contribution is 2.47. The molecule has 18 heavy (non-hydrogen) atoms. The molecule has 0 heterocycles. The Morgan fingerprint density at radius 2 is 1.67 bits per heavy atom. The van der Waals surface area contributed by atoms with Crippen LogP contribution < -0.4 is 21.2 Å². The van der Waals surface area contributed by atoms with Crippen molar-refractivity contribution >= 4 is 0 Å². The summed E-state index contributed by atoms with van der Waals surface area (Å²) in [6.45, 7) is 0. The Kier molecular flexibility index (Phi) is 3.00. The average Bonchev–Trinajstić information content (AvgIpc) is 2.89. The molecule has 3 rings (SSSR count). The first-order valence-corrected chi connectivity index (χ1v) is 7.91. The van der Waals surface area contributed by atoms with Gasteiger partial charge < -0.3 is 0 Å². The summed E-state index contributed by atoms with van der Waals surface area (Å²) in [6, 6.07) is 9.55. The first-order valence-electron chi connectivity index (χ1n) is 5.75. The number of hydrogen-bond donors (Lipinski definition) is 0. The first kappa shape index (κ1) is 12.3. The van der Waals surface area contributed by atoms with Gasteiger partial charge in [-0.2, -0.15) is 13.2 Å². The Balaban J connectivity index is 1.96. The smallest absolute Gasteiger partial charge is 0.166 e. The van der Waals surface area contributed by atoms with E-state index < -0.39 is 27.4 Å². The van der Waals surface area contributed by atoms with E-state index in [1.807, 2.05) is 36.4 Å². The SMILES string of the molecule is FC(F)(F)C1=C([I+]c2ccccc2)[C@H]2C=C[C@H]1C2. The van der Waals surface area contributed by atoms with Crippen LogP contribution in [0.1, 0.15) is 6.42 Å². The molecule has 0 fully saturated rings. The second kappa shape index (κ2) is 4.40. The van der Waals surface area contributed by atoms with E-state index in [0.717, 1.165) is 3.57 Å². The normalized spacial score (nSPS) is 26.2. The Labute approximate surface area is 114 Å². The van der Waals surface area contributed by atoms with Crippen LogP contribution in [0.2, 0.25) is 0 Å². The lowest BCUT2D eigenvalue weighted by atomic mass is 10.0. The lowest BCUT2D eigenvalue weighted by molar-refractivity contribution is -0.582. The van der Waals surface area contributed by atoms with E-state index in [2.05, 4.69) is 0 Å². The highest BCUT2D eigenvalue weighted by Gasteiger charge is 2.53. The van der Waals surface area contributed by atoms with Crippen molar-refractivity contribution in [2.75, 3.05) is 0 Å². The monoisotopic (exact) mass is 363 g/mol. The Bertz CT molecular complexity index is 514. The topological polar surface area (TPSA) is 0 Å². The molecule has 94 valence electrons. The summed E-state index contributed by atoms with van der Waals surface area (Å²) in [5, 5.41) is 0. The molecule has 2 atom stereocenters. The predicted molar refractivity (Wildman–Crippen MR) is 59.0 cm³/mol. The van der Waals surface area contributed by atoms with Crippen LogP contribution in [0, 0.1) is 15.4 Å². The maximum Gasteiger partial charge on any atom is 0.417 e. The molecule has 2 bridgehead atoms. The zero-order chi connectivity index (χ0) is 12.8. The van der Waals surface area contributed by atoms with E-state index in [-0.39, 0.29) is 17.4 Å². The van der Waals surface area contributed by atoms with Crippen molar-refractivity contribution in [2.24, 2.45) is 11.8 Å². The van der Waals surface area contributed by atoms with Crippen LogP contribution in [-0.4, -0.2) is 6.18 Å². The van der Waals surface area contributed by atoms with E-state index in [4.69, 9.17) is 0 Å². The zero-order valence-electron chi connectivity index (χ0n) is 9.42. The summed E-state index contributed by atoms with van der Waals surface area (Å²) in [7, 11) is 0. The van der Waals surface area contributed by atoms with Crippen molar-refractivity contribution in [1.29, 1.82) is 0 Å². The van der Waals surface area contributed by atoms with Gasteiger partial charge in [-0.05, 0) is 18.6 Å². The molecule has 0 amide bonds. The van der Waals surface area contributed by atoms with Gasteiger partial charge in [0.1, 0.15) is 0 Å². The third kappa shape index (κ3) is 2.11. The number of allylic oxidation sites excluding steroid dienone is 4. The molecular formula is C14H11F3I+. The summed E-state index contributed by atoms with van der Waals surface area (Å²) in [6.07, 6.45) is 0.161. The summed E-state index contributed by atoms with van der Waals surface area (Å²) in [5.74, 6) is -0.340. The lowest BCUT2D eigenvalue weighted by Gasteiger charge is -2.12. The summed E-state index contributed by atoms with van der Waals surface area (Å²) in [5.41, 5.74) is -0.244. The van der Waals surface area contributed by atoms with Crippen LogP contribution in [0.4, 0.5) is 13.2 Å². The Hall–Kier alpha value is -0.780. The van der Waals surface area contributed by atoms with Gasteiger partial charge >= 0.3 is 27.4 Å². The van der Waals surface area contributed by atoms with Gasteiger partial charge in [-0.25, -0.2) is 0 Å². The standard InChI is InChI=1S/C14H11F3I/c15-14(16,17)12-9-6-7-10(8-9)13(12)18-11-4-2-1-3-5-11/h1-7,9-10H,8H2/q+1/t9-,10-/m0/s1. The number of rotatable bonds is 2. The van der Waals surface area contributed by atoms with Gasteiger partial charge in [0, 0.05) is 11.8 Å². The molecule has 0 unspecified atom stereocenters. The van der Waals surface area contributed by atoms with Crippen LogP contribution in [0.5, 0.6) is 0 Å². The quantitative estimate of drug-likeness (QED) is 0.543. The van der Waals surface area contributed by atoms with Crippen LogP contribution in [-0.2, 0) is 0 Å². The second-order valence-electron chi connectivity index (χ2n) is 4.48. The summed E-state index contributed by atoms with van der Waals surface area (Å²) < 4.78 is 41.0. The number of hydrogen-bond acceptors (Lipinski definition) is 0. The van der Waals surface area contributed by atoms with Gasteiger partial charge in [0.05, 0.1) is 5.57 Å². The minimum absolute atomic E-state index is 0.0413. The molecular weight excluding hydrogens is 352 g/mol. The molecule has 0 aliphatic heterocycles. The maximum absolute atomic E-state index is 13.1. The summed E-state index contributed by atoms with van der Waals surface area (Å²) in [4.78, 5) is 0. The highest BCUT2D eigenvalue weighted by atomic mass is 127. The third-order valence-corrected chi connectivity index (χ3v) is 6.59. The predicted octanol–water partition coefficient (Wildman–Crippen LogP) is 0.967. The van der Waals surface area contributed by atoms with Crippen LogP contribution in [0.15, 0.2) is 51.6 Å². The maximum atomic E-state index is 13.1. The largest absolute Gasteiger partial charge is 0.417 e. The summed E-state index contributed by atoms with van der Waals surface area (Å²) >= 11 is -0.691. The molecule has 2 aliphatic rings. The molecule has 1 aromatic rings. The second-order valence-corrected chi connectivity index (χ2v) is 7.43. The molecule has 0 radical (unpaired) electrons. The van der Waals surface area contributed by atoms with E-state index in [1.54, 1.807) is 6.08 Å². The molecule has 4 heteroatoms. The average molecular weight is 363 g/mol. The van der Waals surface area contributed by atoms with Gasteiger partial charge in [0.25, 0.3) is 0 Å². The lowest BCUT2D eigenvalue weighted by Crippen LogP contribution is -3.61. The molecule has 0 N–H and O–H groups in total. The van der Waals surface area contributed by atoms with Gasteiger partial charge in [-0.15, -0.1) is 0 Å². The molecule has 0 nitrogen and oxygen atoms in total. The Morgan fingerprint density at radius 1 is 1.00 bits per heavy atom. The Morgan fingerprint density at radius 3 is 2.33 bits per heavy atom. The molecule has 0 aromatic heterocycles. The van der Waals surface area contributed by atoms with Gasteiger partial charge in [0.15, 0.2) is 7.15 Å². The number of alkyl halides is 3. The van der Waals surface area contributed by atoms with E-state index >= 15 is 0 Å². The van der Waals surface area contributed by atoms with Crippen LogP contribution in [0.3, 0.4) is 0 Å². The van der Waals surface area contributed by atoms with Crippen molar-refractivity contribution in [3.63, 3.8) is 0 Å². The zero-order valence-corrected chi connectivity index (χ0v) is 11.6. The molecule has 0 saturated carbocycles. The van der Waals surface area contributed by atoms with Crippen molar-refractivity contribution in [3.8, 4) is 0 Å². The fourth-order valence-electron chi connectivity index (χ4n) is 2.54. The number of benzene rings is 1. The number of halogens is 4. The van der Waals surface area contributed by atoms with Crippen molar-refractivity contribution < 1.29 is 34.4 Å². The minimum Gasteiger partial charge on any atom is -0.166 e. The fraction of sp³-hybridized carbons (Fsp3) is 0.286. The van der Waals surface area contributed by atoms with Crippen molar-refractivity contribution in [1.82, 2.24) is 0 Å². The van der Waals surface area contributed by atoms with Gasteiger partial charge in [0.2, 0.25) is 0 Å². The van der Waals surface area contributed by atoms with Crippen LogP contribution in [0.25, 0.3) is 0 Å². The molecule has 0 spiro atoms. The fourth-order valence-corrected chi connectivity index (χ4v) is 5.84. The third-order valence-electron chi connectivity index (χ3n) is 3.29. The van der Waals surface area contributed by atoms with E-state index in [1.165, 1.54) is 0 Å². The van der Waals surface area contributed by atoms with Crippen LogP contribution >= 0.6 is 0 Å². The van der Waals surface area contributed by atoms with Crippen molar-refractivity contribution in [3.05, 3.63) is 55.2 Å². The van der Waals surface area contributed by atoms with Gasteiger partial charge in [-0.3, -0.25) is 0 Å². The number of fused-ring (bicyclic) bond motifs is 2. The highest BCUT2D eigenvalue weighted by molar-refractivity contribution is 5.36.